The van der Waals surface area contributed by atoms with Gasteiger partial charge in [-0.2, -0.15) is 0 Å². The molecule has 0 saturated carbocycles. The van der Waals surface area contributed by atoms with Crippen LogP contribution in [0.4, 0.5) is 11.4 Å². The standard InChI is InChI=1S/C31H35N5O3/c1-7-26(37)35-25-16-22(9-8-19(25)4)28-27-20(5)24(31(38)39-18(2)3)17-34-30(27)36-29(28)21-10-12-23(13-11-21)33-15-14-32-6/h7-13,16-18,32-33H,1,14-15H2,2-6H3,(H,34,36)(H,35,37). The highest BCUT2D eigenvalue weighted by atomic mass is 16.5. The smallest absolute Gasteiger partial charge is 0.340 e. The van der Waals surface area contributed by atoms with Gasteiger partial charge in [0, 0.05) is 41.6 Å². The second-order valence-corrected chi connectivity index (χ2v) is 9.68. The molecular weight excluding hydrogens is 490 g/mol. The molecule has 0 aliphatic heterocycles. The number of aromatic nitrogens is 2. The number of hydrogen-bond donors (Lipinski definition) is 4. The van der Waals surface area contributed by atoms with Crippen molar-refractivity contribution < 1.29 is 14.3 Å². The first-order valence-electron chi connectivity index (χ1n) is 13.0. The molecule has 202 valence electrons. The first-order chi connectivity index (χ1) is 18.7. The van der Waals surface area contributed by atoms with Crippen LogP contribution < -0.4 is 16.0 Å². The van der Waals surface area contributed by atoms with Crippen molar-refractivity contribution in [1.82, 2.24) is 15.3 Å². The van der Waals surface area contributed by atoms with E-state index in [-0.39, 0.29) is 12.0 Å². The molecule has 0 unspecified atom stereocenters. The molecule has 8 nitrogen and oxygen atoms in total. The minimum Gasteiger partial charge on any atom is -0.459 e. The number of aromatic amines is 1. The molecule has 1 amide bonds. The summed E-state index contributed by atoms with van der Waals surface area (Å²) >= 11 is 0. The molecule has 0 spiro atoms. The van der Waals surface area contributed by atoms with Crippen molar-refractivity contribution in [1.29, 1.82) is 0 Å². The number of anilines is 2. The number of fused-ring (bicyclic) bond motifs is 1. The molecule has 2 aromatic carbocycles. The van der Waals surface area contributed by atoms with Crippen LogP contribution >= 0.6 is 0 Å². The lowest BCUT2D eigenvalue weighted by molar-refractivity contribution is -0.111. The molecule has 0 fully saturated rings. The molecule has 0 saturated heterocycles. The van der Waals surface area contributed by atoms with Gasteiger partial charge in [0.05, 0.1) is 17.4 Å². The number of pyridine rings is 1. The van der Waals surface area contributed by atoms with Crippen LogP contribution in [-0.2, 0) is 9.53 Å². The number of ether oxygens (including phenoxy) is 1. The van der Waals surface area contributed by atoms with Gasteiger partial charge >= 0.3 is 5.97 Å². The Balaban J connectivity index is 1.91. The Bertz CT molecular complexity index is 1520. The van der Waals surface area contributed by atoms with Gasteiger partial charge in [0.15, 0.2) is 0 Å². The van der Waals surface area contributed by atoms with E-state index in [2.05, 4.69) is 32.5 Å². The third-order valence-corrected chi connectivity index (χ3v) is 6.49. The summed E-state index contributed by atoms with van der Waals surface area (Å²) in [6.45, 7) is 12.7. The Morgan fingerprint density at radius 1 is 1.08 bits per heavy atom. The van der Waals surface area contributed by atoms with Gasteiger partial charge in [0.2, 0.25) is 5.91 Å². The highest BCUT2D eigenvalue weighted by molar-refractivity contribution is 6.08. The van der Waals surface area contributed by atoms with Gasteiger partial charge in [-0.3, -0.25) is 4.79 Å². The molecule has 2 aromatic heterocycles. The zero-order valence-electron chi connectivity index (χ0n) is 23.1. The highest BCUT2D eigenvalue weighted by Gasteiger charge is 2.23. The predicted molar refractivity (Wildman–Crippen MR) is 158 cm³/mol. The molecule has 0 radical (unpaired) electrons. The maximum absolute atomic E-state index is 12.9. The van der Waals surface area contributed by atoms with E-state index in [0.29, 0.717) is 16.9 Å². The van der Waals surface area contributed by atoms with Crippen molar-refractivity contribution in [2.45, 2.75) is 33.8 Å². The Morgan fingerprint density at radius 3 is 2.46 bits per heavy atom. The fourth-order valence-corrected chi connectivity index (χ4v) is 4.48. The number of carbonyl (C=O) groups is 2. The average Bonchev–Trinajstić information content (AvgIpc) is 3.30. The number of H-pyrrole nitrogens is 1. The van der Waals surface area contributed by atoms with E-state index in [0.717, 1.165) is 57.7 Å². The zero-order valence-corrected chi connectivity index (χ0v) is 23.1. The lowest BCUT2D eigenvalue weighted by Gasteiger charge is -2.13. The van der Waals surface area contributed by atoms with Crippen molar-refractivity contribution in [3.63, 3.8) is 0 Å². The van der Waals surface area contributed by atoms with Gasteiger partial charge in [-0.05, 0) is 81.3 Å². The minimum atomic E-state index is -0.412. The number of nitrogens with one attached hydrogen (secondary N) is 4. The molecule has 39 heavy (non-hydrogen) atoms. The van der Waals surface area contributed by atoms with E-state index < -0.39 is 5.97 Å². The first-order valence-corrected chi connectivity index (χ1v) is 13.0. The van der Waals surface area contributed by atoms with Crippen LogP contribution in [0.15, 0.2) is 61.3 Å². The van der Waals surface area contributed by atoms with E-state index in [1.807, 2.05) is 77.2 Å². The third-order valence-electron chi connectivity index (χ3n) is 6.49. The Hall–Kier alpha value is -4.43. The van der Waals surface area contributed by atoms with Crippen LogP contribution in [0.2, 0.25) is 0 Å². The number of nitrogens with zero attached hydrogens (tertiary/aromatic N) is 1. The van der Waals surface area contributed by atoms with Crippen LogP contribution in [0.5, 0.6) is 0 Å². The first kappa shape index (κ1) is 27.6. The summed E-state index contributed by atoms with van der Waals surface area (Å²) in [6, 6.07) is 14.1. The van der Waals surface area contributed by atoms with Crippen LogP contribution in [0.1, 0.15) is 35.3 Å². The van der Waals surface area contributed by atoms with Crippen molar-refractivity contribution in [2.24, 2.45) is 0 Å². The molecular formula is C31H35N5O3. The zero-order chi connectivity index (χ0) is 28.1. The second kappa shape index (κ2) is 12.0. The number of benzene rings is 2. The average molecular weight is 526 g/mol. The molecule has 4 aromatic rings. The molecule has 0 aliphatic rings. The summed E-state index contributed by atoms with van der Waals surface area (Å²) in [4.78, 5) is 33.1. The Labute approximate surface area is 228 Å². The van der Waals surface area contributed by atoms with E-state index in [9.17, 15) is 9.59 Å². The van der Waals surface area contributed by atoms with E-state index in [4.69, 9.17) is 4.74 Å². The van der Waals surface area contributed by atoms with E-state index in [1.165, 1.54) is 6.08 Å². The van der Waals surface area contributed by atoms with Gasteiger partial charge in [-0.1, -0.05) is 30.8 Å². The van der Waals surface area contributed by atoms with Gasteiger partial charge in [-0.15, -0.1) is 0 Å². The fraction of sp³-hybridized carbons (Fsp3) is 0.258. The van der Waals surface area contributed by atoms with Crippen LogP contribution in [0.25, 0.3) is 33.4 Å². The van der Waals surface area contributed by atoms with E-state index in [1.54, 1.807) is 6.20 Å². The number of amides is 1. The molecule has 0 aliphatic carbocycles. The Morgan fingerprint density at radius 2 is 1.79 bits per heavy atom. The largest absolute Gasteiger partial charge is 0.459 e. The maximum Gasteiger partial charge on any atom is 0.340 e. The summed E-state index contributed by atoms with van der Waals surface area (Å²) in [5.41, 5.74) is 8.05. The second-order valence-electron chi connectivity index (χ2n) is 9.68. The number of aryl methyl sites for hydroxylation is 2. The topological polar surface area (TPSA) is 108 Å². The summed E-state index contributed by atoms with van der Waals surface area (Å²) < 4.78 is 5.49. The van der Waals surface area contributed by atoms with Crippen LogP contribution in [-0.4, -0.2) is 48.1 Å². The van der Waals surface area contributed by atoms with Crippen LogP contribution in [0.3, 0.4) is 0 Å². The summed E-state index contributed by atoms with van der Waals surface area (Å²) in [7, 11) is 1.92. The van der Waals surface area contributed by atoms with Crippen molar-refractivity contribution in [3.05, 3.63) is 78.0 Å². The molecule has 0 atom stereocenters. The van der Waals surface area contributed by atoms with Crippen LogP contribution in [0, 0.1) is 13.8 Å². The summed E-state index contributed by atoms with van der Waals surface area (Å²) in [5.74, 6) is -0.697. The van der Waals surface area contributed by atoms with Gasteiger partial charge in [-0.25, -0.2) is 9.78 Å². The number of esters is 1. The number of carbonyl (C=O) groups excluding carboxylic acids is 2. The molecule has 0 bridgehead atoms. The molecule has 8 heteroatoms. The van der Waals surface area contributed by atoms with Gasteiger partial charge < -0.3 is 25.7 Å². The van der Waals surface area contributed by atoms with E-state index >= 15 is 0 Å². The Kier molecular flexibility index (Phi) is 8.46. The predicted octanol–water partition coefficient (Wildman–Crippen LogP) is 5.83. The molecule has 2 heterocycles. The third kappa shape index (κ3) is 6.02. The van der Waals surface area contributed by atoms with Crippen molar-refractivity contribution in [3.8, 4) is 22.4 Å². The minimum absolute atomic E-state index is 0.248. The van der Waals surface area contributed by atoms with Gasteiger partial charge in [0.1, 0.15) is 5.65 Å². The van der Waals surface area contributed by atoms with Crippen molar-refractivity contribution >= 4 is 34.3 Å². The number of rotatable bonds is 10. The van der Waals surface area contributed by atoms with Crippen molar-refractivity contribution in [2.75, 3.05) is 30.8 Å². The fourth-order valence-electron chi connectivity index (χ4n) is 4.48. The summed E-state index contributed by atoms with van der Waals surface area (Å²) in [5, 5.41) is 10.2. The number of hydrogen-bond acceptors (Lipinski definition) is 6. The lowest BCUT2D eigenvalue weighted by atomic mass is 9.94. The monoisotopic (exact) mass is 525 g/mol. The maximum atomic E-state index is 12.9. The van der Waals surface area contributed by atoms with Gasteiger partial charge in [0.25, 0.3) is 0 Å². The normalized spacial score (nSPS) is 11.0. The highest BCUT2D eigenvalue weighted by Crippen LogP contribution is 2.41. The summed E-state index contributed by atoms with van der Waals surface area (Å²) in [6.07, 6.45) is 2.56. The molecule has 4 rings (SSSR count). The lowest BCUT2D eigenvalue weighted by Crippen LogP contribution is -2.17. The number of likely N-dealkylation sites (N-methyl/N-ethyl adjacent to an activating group) is 1. The molecule has 4 N–H and O–H groups in total. The quantitative estimate of drug-likeness (QED) is 0.118. The SMILES string of the molecule is C=CC(=O)Nc1cc(-c2c(-c3ccc(NCCNC)cc3)[nH]c3ncc(C(=O)OC(C)C)c(C)c23)ccc1C.